The van der Waals surface area contributed by atoms with E-state index in [2.05, 4.69) is 5.32 Å². The third kappa shape index (κ3) is 3.38. The van der Waals surface area contributed by atoms with E-state index in [9.17, 15) is 4.79 Å². The molecule has 1 fully saturated rings. The van der Waals surface area contributed by atoms with Crippen LogP contribution in [0.2, 0.25) is 10.0 Å². The van der Waals surface area contributed by atoms with E-state index in [0.29, 0.717) is 20.6 Å². The van der Waals surface area contributed by atoms with Crippen molar-refractivity contribution in [3.63, 3.8) is 0 Å². The number of thiocarbonyl (C=S) groups is 1. The molecule has 1 aliphatic rings. The van der Waals surface area contributed by atoms with E-state index >= 15 is 0 Å². The second-order valence-corrected chi connectivity index (χ2v) is 5.96. The summed E-state index contributed by atoms with van der Waals surface area (Å²) in [7, 11) is 0. The van der Waals surface area contributed by atoms with Gasteiger partial charge in [-0.2, -0.15) is 0 Å². The number of nitrogens with two attached hydrogens (primary N) is 1. The minimum atomic E-state index is -0.213. The third-order valence-electron chi connectivity index (χ3n) is 3.37. The maximum atomic E-state index is 12.2. The molecule has 1 amide bonds. The summed E-state index contributed by atoms with van der Waals surface area (Å²) in [5.74, 6) is -0.139. The second kappa shape index (κ2) is 6.07. The van der Waals surface area contributed by atoms with Crippen LogP contribution in [0.25, 0.3) is 0 Å². The molecular formula is C13H14Cl2N2OS. The molecule has 1 aliphatic carbocycles. The average Bonchev–Trinajstić information content (AvgIpc) is 2.76. The van der Waals surface area contributed by atoms with E-state index in [-0.39, 0.29) is 17.9 Å². The van der Waals surface area contributed by atoms with Crippen molar-refractivity contribution < 1.29 is 4.79 Å². The van der Waals surface area contributed by atoms with Gasteiger partial charge in [-0.1, -0.05) is 41.8 Å². The van der Waals surface area contributed by atoms with Crippen LogP contribution < -0.4 is 11.1 Å². The lowest BCUT2D eigenvalue weighted by Gasteiger charge is -2.20. The molecule has 102 valence electrons. The van der Waals surface area contributed by atoms with Crippen molar-refractivity contribution in [2.24, 2.45) is 11.7 Å². The van der Waals surface area contributed by atoms with Gasteiger partial charge >= 0.3 is 0 Å². The zero-order valence-electron chi connectivity index (χ0n) is 10.2. The first-order valence-electron chi connectivity index (χ1n) is 6.04. The highest BCUT2D eigenvalue weighted by atomic mass is 35.5. The molecule has 2 rings (SSSR count). The zero-order chi connectivity index (χ0) is 14.0. The Hall–Kier alpha value is -0.840. The maximum absolute atomic E-state index is 12.2. The van der Waals surface area contributed by atoms with Crippen molar-refractivity contribution in [1.82, 2.24) is 5.32 Å². The van der Waals surface area contributed by atoms with Gasteiger partial charge in [0.05, 0.1) is 15.6 Å². The molecule has 3 nitrogen and oxygen atoms in total. The van der Waals surface area contributed by atoms with Gasteiger partial charge in [0, 0.05) is 17.0 Å². The molecule has 0 aromatic heterocycles. The van der Waals surface area contributed by atoms with Crippen LogP contribution in [0.15, 0.2) is 18.2 Å². The van der Waals surface area contributed by atoms with Gasteiger partial charge in [-0.15, -0.1) is 0 Å². The molecule has 2 atom stereocenters. The quantitative estimate of drug-likeness (QED) is 0.842. The fourth-order valence-corrected chi connectivity index (χ4v) is 3.17. The molecule has 19 heavy (non-hydrogen) atoms. The molecule has 0 spiro atoms. The van der Waals surface area contributed by atoms with Crippen LogP contribution in [0, 0.1) is 5.92 Å². The maximum Gasteiger partial charge on any atom is 0.253 e. The lowest BCUT2D eigenvalue weighted by molar-refractivity contribution is 0.0934. The number of hydrogen-bond donors (Lipinski definition) is 2. The SMILES string of the molecule is NC(=S)C1CCCC1NC(=O)c1ccc(Cl)cc1Cl. The molecule has 1 saturated carbocycles. The molecule has 1 aromatic carbocycles. The van der Waals surface area contributed by atoms with Crippen LogP contribution in [0.5, 0.6) is 0 Å². The Morgan fingerprint density at radius 2 is 2.11 bits per heavy atom. The van der Waals surface area contributed by atoms with Gasteiger partial charge in [-0.25, -0.2) is 0 Å². The zero-order valence-corrected chi connectivity index (χ0v) is 12.5. The Bertz CT molecular complexity index is 521. The molecule has 6 heteroatoms. The van der Waals surface area contributed by atoms with Crippen LogP contribution in [0.4, 0.5) is 0 Å². The van der Waals surface area contributed by atoms with E-state index in [4.69, 9.17) is 41.2 Å². The predicted molar refractivity (Wildman–Crippen MR) is 81.8 cm³/mol. The third-order valence-corrected chi connectivity index (χ3v) is 4.22. The summed E-state index contributed by atoms with van der Waals surface area (Å²) in [4.78, 5) is 12.6. The molecule has 0 heterocycles. The van der Waals surface area contributed by atoms with Gasteiger partial charge in [-0.05, 0) is 31.0 Å². The summed E-state index contributed by atoms with van der Waals surface area (Å²) in [6, 6.07) is 4.81. The molecule has 0 radical (unpaired) electrons. The van der Waals surface area contributed by atoms with E-state index < -0.39 is 0 Å². The van der Waals surface area contributed by atoms with Gasteiger partial charge in [0.1, 0.15) is 0 Å². The Morgan fingerprint density at radius 3 is 2.74 bits per heavy atom. The van der Waals surface area contributed by atoms with Gasteiger partial charge in [0.25, 0.3) is 5.91 Å². The first kappa shape index (κ1) is 14.6. The fraction of sp³-hybridized carbons (Fsp3) is 0.385. The van der Waals surface area contributed by atoms with Crippen molar-refractivity contribution in [3.8, 4) is 0 Å². The lowest BCUT2D eigenvalue weighted by Crippen LogP contribution is -2.41. The molecule has 0 saturated heterocycles. The van der Waals surface area contributed by atoms with Gasteiger partial charge in [-0.3, -0.25) is 4.79 Å². The summed E-state index contributed by atoms with van der Waals surface area (Å²) in [6.07, 6.45) is 2.83. The van der Waals surface area contributed by atoms with Crippen molar-refractivity contribution >= 4 is 46.3 Å². The number of halogens is 2. The summed E-state index contributed by atoms with van der Waals surface area (Å²) in [5, 5.41) is 3.80. The van der Waals surface area contributed by atoms with Crippen LogP contribution in [-0.2, 0) is 0 Å². The highest BCUT2D eigenvalue weighted by Gasteiger charge is 2.31. The van der Waals surface area contributed by atoms with Crippen molar-refractivity contribution in [2.45, 2.75) is 25.3 Å². The van der Waals surface area contributed by atoms with Crippen LogP contribution >= 0.6 is 35.4 Å². The van der Waals surface area contributed by atoms with Crippen molar-refractivity contribution in [3.05, 3.63) is 33.8 Å². The number of hydrogen-bond acceptors (Lipinski definition) is 2. The van der Waals surface area contributed by atoms with Crippen LogP contribution in [0.3, 0.4) is 0 Å². The topological polar surface area (TPSA) is 55.1 Å². The summed E-state index contributed by atoms with van der Waals surface area (Å²) in [5.41, 5.74) is 6.11. The molecule has 0 aliphatic heterocycles. The van der Waals surface area contributed by atoms with Gasteiger partial charge in [0.15, 0.2) is 0 Å². The Balaban J connectivity index is 2.10. The molecular weight excluding hydrogens is 303 g/mol. The highest BCUT2D eigenvalue weighted by molar-refractivity contribution is 7.80. The lowest BCUT2D eigenvalue weighted by atomic mass is 10.0. The monoisotopic (exact) mass is 316 g/mol. The highest BCUT2D eigenvalue weighted by Crippen LogP contribution is 2.27. The number of rotatable bonds is 3. The average molecular weight is 317 g/mol. The summed E-state index contributed by atoms with van der Waals surface area (Å²) < 4.78 is 0. The van der Waals surface area contributed by atoms with Gasteiger partial charge < -0.3 is 11.1 Å². The number of benzene rings is 1. The minimum absolute atomic E-state index is 0.00301. The van der Waals surface area contributed by atoms with Crippen LogP contribution in [-0.4, -0.2) is 16.9 Å². The Morgan fingerprint density at radius 1 is 1.37 bits per heavy atom. The Kier molecular flexibility index (Phi) is 4.66. The number of nitrogens with one attached hydrogen (secondary N) is 1. The van der Waals surface area contributed by atoms with Crippen molar-refractivity contribution in [1.29, 1.82) is 0 Å². The van der Waals surface area contributed by atoms with E-state index in [0.717, 1.165) is 19.3 Å². The molecule has 3 N–H and O–H groups in total. The number of carbonyl (C=O) groups excluding carboxylic acids is 1. The summed E-state index contributed by atoms with van der Waals surface area (Å²) in [6.45, 7) is 0. The predicted octanol–water partition coefficient (Wildman–Crippen LogP) is 3.18. The van der Waals surface area contributed by atoms with Crippen molar-refractivity contribution in [2.75, 3.05) is 0 Å². The fourth-order valence-electron chi connectivity index (χ4n) is 2.39. The molecule has 0 bridgehead atoms. The van der Waals surface area contributed by atoms with Gasteiger partial charge in [0.2, 0.25) is 0 Å². The smallest absolute Gasteiger partial charge is 0.253 e. The largest absolute Gasteiger partial charge is 0.393 e. The molecule has 2 unspecified atom stereocenters. The first-order chi connectivity index (χ1) is 8.99. The van der Waals surface area contributed by atoms with Crippen LogP contribution in [0.1, 0.15) is 29.6 Å². The van der Waals surface area contributed by atoms with E-state index in [1.807, 2.05) is 0 Å². The van der Waals surface area contributed by atoms with E-state index in [1.165, 1.54) is 0 Å². The minimum Gasteiger partial charge on any atom is -0.393 e. The normalized spacial score (nSPS) is 22.2. The standard InChI is InChI=1S/C13H14Cl2N2OS/c14-7-4-5-8(10(15)6-7)13(18)17-11-3-1-2-9(11)12(16)19/h4-6,9,11H,1-3H2,(H2,16,19)(H,17,18). The first-order valence-corrected chi connectivity index (χ1v) is 7.20. The number of carbonyl (C=O) groups is 1. The Labute approximate surface area is 127 Å². The second-order valence-electron chi connectivity index (χ2n) is 4.64. The summed E-state index contributed by atoms with van der Waals surface area (Å²) >= 11 is 16.8. The number of amides is 1. The van der Waals surface area contributed by atoms with E-state index in [1.54, 1.807) is 18.2 Å². The molecule has 1 aromatic rings.